The fraction of sp³-hybridized carbons (Fsp3) is 0.406. The first-order valence-electron chi connectivity index (χ1n) is 14.6. The van der Waals surface area contributed by atoms with Crippen LogP contribution in [-0.2, 0) is 22.4 Å². The van der Waals surface area contributed by atoms with Crippen LogP contribution in [0.15, 0.2) is 66.9 Å². The molecule has 2 aromatic heterocycles. The molecule has 0 spiro atoms. The average molecular weight is 555 g/mol. The number of anilines is 1. The minimum absolute atomic E-state index is 0.00308. The molecule has 0 saturated carbocycles. The molecule has 0 bridgehead atoms. The number of carbonyl (C=O) groups is 1. The molecule has 2 aliphatic rings. The Hall–Kier alpha value is -3.95. The molecule has 2 aromatic carbocycles. The highest BCUT2D eigenvalue weighted by atomic mass is 16.5. The van der Waals surface area contributed by atoms with Gasteiger partial charge in [-0.2, -0.15) is 0 Å². The summed E-state index contributed by atoms with van der Waals surface area (Å²) in [5, 5.41) is 13.3. The average Bonchev–Trinajstić information content (AvgIpc) is 3.40. The van der Waals surface area contributed by atoms with Gasteiger partial charge in [-0.05, 0) is 60.7 Å². The Bertz CT molecular complexity index is 1440. The summed E-state index contributed by atoms with van der Waals surface area (Å²) >= 11 is 0. The van der Waals surface area contributed by atoms with Gasteiger partial charge in [0.05, 0.1) is 32.3 Å². The van der Waals surface area contributed by atoms with Gasteiger partial charge in [0.1, 0.15) is 5.75 Å². The number of methoxy groups -OCH3 is 1. The van der Waals surface area contributed by atoms with Crippen molar-refractivity contribution in [2.75, 3.05) is 57.9 Å². The standard InChI is InChI=1S/C32H38N6O3/c1-40-27-8-6-24(7-9-27)12-15-33-32(39)22-25-23-38(29-5-3-2-4-28(25)29)31-11-10-30(34-35-31)37-16-13-26(14-17-37)36-18-20-41-21-19-36/h2-11,23,26H,12-22H2,1H3,(H,33,39). The van der Waals surface area contributed by atoms with Crippen molar-refractivity contribution in [1.29, 1.82) is 0 Å². The third-order valence-electron chi connectivity index (χ3n) is 8.27. The van der Waals surface area contributed by atoms with E-state index in [-0.39, 0.29) is 5.91 Å². The van der Waals surface area contributed by atoms with Crippen LogP contribution in [0.5, 0.6) is 5.75 Å². The highest BCUT2D eigenvalue weighted by Crippen LogP contribution is 2.26. The molecule has 0 atom stereocenters. The van der Waals surface area contributed by atoms with Crippen molar-refractivity contribution < 1.29 is 14.3 Å². The first-order chi connectivity index (χ1) is 20.2. The number of hydrogen-bond donors (Lipinski definition) is 1. The molecule has 2 aliphatic heterocycles. The summed E-state index contributed by atoms with van der Waals surface area (Å²) in [6.07, 6.45) is 5.36. The first-order valence-corrected chi connectivity index (χ1v) is 14.6. The number of nitrogens with zero attached hydrogens (tertiary/aromatic N) is 5. The lowest BCUT2D eigenvalue weighted by Gasteiger charge is -2.40. The highest BCUT2D eigenvalue weighted by molar-refractivity contribution is 5.90. The fourth-order valence-corrected chi connectivity index (χ4v) is 5.97. The second kappa shape index (κ2) is 12.7. The van der Waals surface area contributed by atoms with E-state index in [4.69, 9.17) is 9.47 Å². The van der Waals surface area contributed by atoms with Crippen molar-refractivity contribution in [1.82, 2.24) is 25.0 Å². The number of amides is 1. The molecule has 4 heterocycles. The maximum absolute atomic E-state index is 12.9. The van der Waals surface area contributed by atoms with Gasteiger partial charge >= 0.3 is 0 Å². The minimum Gasteiger partial charge on any atom is -0.497 e. The number of para-hydroxylation sites is 1. The van der Waals surface area contributed by atoms with Crippen LogP contribution >= 0.6 is 0 Å². The van der Waals surface area contributed by atoms with E-state index in [1.54, 1.807) is 7.11 Å². The van der Waals surface area contributed by atoms with Gasteiger partial charge in [-0.15, -0.1) is 10.2 Å². The monoisotopic (exact) mass is 554 g/mol. The van der Waals surface area contributed by atoms with Crippen LogP contribution < -0.4 is 15.0 Å². The fourth-order valence-electron chi connectivity index (χ4n) is 5.97. The number of fused-ring (bicyclic) bond motifs is 1. The zero-order valence-electron chi connectivity index (χ0n) is 23.7. The molecule has 0 aliphatic carbocycles. The Morgan fingerprint density at radius 3 is 2.41 bits per heavy atom. The SMILES string of the molecule is COc1ccc(CCNC(=O)Cc2cn(-c3ccc(N4CCC(N5CCOCC5)CC4)nn3)c3ccccc23)cc1. The van der Waals surface area contributed by atoms with Crippen molar-refractivity contribution in [2.45, 2.75) is 31.7 Å². The number of hydrogen-bond acceptors (Lipinski definition) is 7. The lowest BCUT2D eigenvalue weighted by Crippen LogP contribution is -2.49. The van der Waals surface area contributed by atoms with Crippen molar-refractivity contribution >= 4 is 22.6 Å². The van der Waals surface area contributed by atoms with Crippen molar-refractivity contribution in [3.05, 3.63) is 78.0 Å². The van der Waals surface area contributed by atoms with E-state index in [0.29, 0.717) is 19.0 Å². The Morgan fingerprint density at radius 1 is 0.951 bits per heavy atom. The number of aromatic nitrogens is 3. The normalized spacial score (nSPS) is 16.7. The van der Waals surface area contributed by atoms with Crippen LogP contribution in [0.25, 0.3) is 16.7 Å². The van der Waals surface area contributed by atoms with Crippen LogP contribution in [0.1, 0.15) is 24.0 Å². The van der Waals surface area contributed by atoms with Crippen molar-refractivity contribution in [3.63, 3.8) is 0 Å². The number of rotatable bonds is 9. The lowest BCUT2D eigenvalue weighted by molar-refractivity contribution is -0.120. The largest absolute Gasteiger partial charge is 0.497 e. The van der Waals surface area contributed by atoms with Gasteiger partial charge in [0, 0.05) is 50.3 Å². The predicted octanol–water partition coefficient (Wildman–Crippen LogP) is 3.63. The summed E-state index contributed by atoms with van der Waals surface area (Å²) in [5.41, 5.74) is 3.15. The second-order valence-electron chi connectivity index (χ2n) is 10.8. The Kier molecular flexibility index (Phi) is 8.44. The molecule has 9 heteroatoms. The van der Waals surface area contributed by atoms with Gasteiger partial charge in [0.15, 0.2) is 11.6 Å². The molecule has 4 aromatic rings. The Balaban J connectivity index is 1.08. The maximum atomic E-state index is 12.9. The summed E-state index contributed by atoms with van der Waals surface area (Å²) in [7, 11) is 1.66. The van der Waals surface area contributed by atoms with Gasteiger partial charge in [0.2, 0.25) is 5.91 Å². The zero-order valence-corrected chi connectivity index (χ0v) is 23.7. The highest BCUT2D eigenvalue weighted by Gasteiger charge is 2.26. The molecule has 6 rings (SSSR count). The minimum atomic E-state index is 0.00308. The summed E-state index contributed by atoms with van der Waals surface area (Å²) in [6, 6.07) is 20.8. The van der Waals surface area contributed by atoms with E-state index >= 15 is 0 Å². The Labute approximate surface area is 241 Å². The van der Waals surface area contributed by atoms with Crippen LogP contribution in [-0.4, -0.2) is 84.7 Å². The van der Waals surface area contributed by atoms with E-state index in [0.717, 1.165) is 98.1 Å². The topological polar surface area (TPSA) is 84.8 Å². The van der Waals surface area contributed by atoms with Gasteiger partial charge in [-0.1, -0.05) is 30.3 Å². The van der Waals surface area contributed by atoms with Gasteiger partial charge in [-0.25, -0.2) is 0 Å². The molecule has 0 unspecified atom stereocenters. The van der Waals surface area contributed by atoms with Gasteiger partial charge < -0.3 is 19.7 Å². The first kappa shape index (κ1) is 27.2. The Morgan fingerprint density at radius 2 is 1.68 bits per heavy atom. The number of benzene rings is 2. The third kappa shape index (κ3) is 6.36. The molecule has 1 N–H and O–H groups in total. The molecule has 2 saturated heterocycles. The number of carbonyl (C=O) groups excluding carboxylic acids is 1. The number of piperidine rings is 1. The molecular weight excluding hydrogens is 516 g/mol. The van der Waals surface area contributed by atoms with Crippen LogP contribution in [0.2, 0.25) is 0 Å². The molecule has 9 nitrogen and oxygen atoms in total. The predicted molar refractivity (Wildman–Crippen MR) is 160 cm³/mol. The maximum Gasteiger partial charge on any atom is 0.224 e. The van der Waals surface area contributed by atoms with Crippen LogP contribution in [0.3, 0.4) is 0 Å². The van der Waals surface area contributed by atoms with Crippen molar-refractivity contribution in [2.24, 2.45) is 0 Å². The van der Waals surface area contributed by atoms with Gasteiger partial charge in [-0.3, -0.25) is 14.3 Å². The summed E-state index contributed by atoms with van der Waals surface area (Å²) in [5.74, 6) is 2.50. The van der Waals surface area contributed by atoms with Crippen LogP contribution in [0.4, 0.5) is 5.82 Å². The number of morpholine rings is 1. The summed E-state index contributed by atoms with van der Waals surface area (Å²) in [4.78, 5) is 17.8. The second-order valence-corrected chi connectivity index (χ2v) is 10.8. The van der Waals surface area contributed by atoms with Gasteiger partial charge in [0.25, 0.3) is 0 Å². The number of nitrogens with one attached hydrogen (secondary N) is 1. The van der Waals surface area contributed by atoms with E-state index < -0.39 is 0 Å². The van der Waals surface area contributed by atoms with E-state index in [1.807, 2.05) is 53.2 Å². The zero-order chi connectivity index (χ0) is 28.0. The molecular formula is C32H38N6O3. The smallest absolute Gasteiger partial charge is 0.224 e. The summed E-state index contributed by atoms with van der Waals surface area (Å²) in [6.45, 7) is 6.33. The van der Waals surface area contributed by atoms with E-state index in [1.165, 1.54) is 0 Å². The molecule has 41 heavy (non-hydrogen) atoms. The number of ether oxygens (including phenoxy) is 2. The quantitative estimate of drug-likeness (QED) is 0.338. The third-order valence-corrected chi connectivity index (χ3v) is 8.27. The summed E-state index contributed by atoms with van der Waals surface area (Å²) < 4.78 is 12.8. The van der Waals surface area contributed by atoms with E-state index in [9.17, 15) is 4.79 Å². The molecule has 214 valence electrons. The van der Waals surface area contributed by atoms with Crippen LogP contribution in [0, 0.1) is 0 Å². The molecule has 1 amide bonds. The lowest BCUT2D eigenvalue weighted by atomic mass is 10.0. The van der Waals surface area contributed by atoms with Crippen molar-refractivity contribution in [3.8, 4) is 11.6 Å². The molecule has 2 fully saturated rings. The van der Waals surface area contributed by atoms with E-state index in [2.05, 4.69) is 43.5 Å². The molecule has 0 radical (unpaired) electrons.